The Hall–Kier alpha value is -10.8. The molecule has 0 amide bonds. The highest BCUT2D eigenvalue weighted by molar-refractivity contribution is 7.00. The first kappa shape index (κ1) is 45.3. The fourth-order valence-electron chi connectivity index (χ4n) is 12.9. The van der Waals surface area contributed by atoms with Crippen LogP contribution in [0.15, 0.2) is 292 Å². The first-order valence-electron chi connectivity index (χ1n) is 27.6. The van der Waals surface area contributed by atoms with Crippen LogP contribution in [0.5, 0.6) is 0 Å². The molecular formula is C74H46BN3O3. The van der Waals surface area contributed by atoms with E-state index < -0.39 is 0 Å². The Morgan fingerprint density at radius 2 is 0.815 bits per heavy atom. The van der Waals surface area contributed by atoms with Crippen LogP contribution >= 0.6 is 0 Å². The highest BCUT2D eigenvalue weighted by Crippen LogP contribution is 2.50. The molecule has 15 aromatic rings. The average Bonchev–Trinajstić information content (AvgIpc) is 4.44. The van der Waals surface area contributed by atoms with E-state index in [0.29, 0.717) is 0 Å². The number of fused-ring (bicyclic) bond motifs is 9. The number of anilines is 9. The zero-order valence-electron chi connectivity index (χ0n) is 43.7. The first-order chi connectivity index (χ1) is 40.1. The van der Waals surface area contributed by atoms with Gasteiger partial charge in [-0.2, -0.15) is 0 Å². The largest absolute Gasteiger partial charge is 0.456 e. The van der Waals surface area contributed by atoms with E-state index in [1.54, 1.807) is 0 Å². The summed E-state index contributed by atoms with van der Waals surface area (Å²) < 4.78 is 19.7. The van der Waals surface area contributed by atoms with Gasteiger partial charge < -0.3 is 28.0 Å². The Bertz CT molecular complexity index is 4910. The summed E-state index contributed by atoms with van der Waals surface area (Å²) in [5.74, 6) is 2.48. The van der Waals surface area contributed by atoms with E-state index in [1.807, 2.05) is 36.4 Å². The Labute approximate surface area is 467 Å². The Morgan fingerprint density at radius 3 is 1.52 bits per heavy atom. The van der Waals surface area contributed by atoms with Crippen LogP contribution in [0.3, 0.4) is 0 Å². The van der Waals surface area contributed by atoms with Gasteiger partial charge >= 0.3 is 0 Å². The highest BCUT2D eigenvalue weighted by Gasteiger charge is 2.44. The van der Waals surface area contributed by atoms with E-state index in [2.05, 4.69) is 257 Å². The quantitative estimate of drug-likeness (QED) is 0.141. The van der Waals surface area contributed by atoms with Gasteiger partial charge in [-0.05, 0) is 142 Å². The minimum absolute atomic E-state index is 0.123. The molecule has 5 heterocycles. The fraction of sp³-hybridized carbons (Fsp3) is 0. The molecule has 0 N–H and O–H groups in total. The lowest BCUT2D eigenvalue weighted by Gasteiger charge is -2.45. The smallest absolute Gasteiger partial charge is 0.252 e. The standard InChI is InChI=1S/C74H46BN3O3/c1-2-22-56(23-3-1)77-64-27-10-9-26-61(64)75-62-37-35-55(73-44-53-19-7-13-31-70(53)81-73)41-65(62)78(57-24-14-21-50(40-57)71-42-51-17-5-11-29-68(51)79-71)67-46-59(45-66(77)74(67)75)76(63-28-15-20-47-16-4-8-25-60(47)63)58-36-34-48-38-54(33-32-49(48)39-58)72-43-52-18-6-12-30-69(52)80-72/h1-46H. The van der Waals surface area contributed by atoms with Gasteiger partial charge in [-0.1, -0.05) is 170 Å². The number of furan rings is 3. The van der Waals surface area contributed by atoms with Gasteiger partial charge in [0, 0.05) is 78.0 Å². The molecule has 81 heavy (non-hydrogen) atoms. The molecule has 3 aromatic heterocycles. The van der Waals surface area contributed by atoms with Crippen LogP contribution in [0.25, 0.3) is 88.4 Å². The summed E-state index contributed by atoms with van der Waals surface area (Å²) in [4.78, 5) is 7.44. The summed E-state index contributed by atoms with van der Waals surface area (Å²) in [5.41, 5.74) is 18.8. The number of hydrogen-bond acceptors (Lipinski definition) is 6. The second-order valence-corrected chi connectivity index (χ2v) is 21.2. The summed E-state index contributed by atoms with van der Waals surface area (Å²) in [6, 6.07) is 100. The minimum Gasteiger partial charge on any atom is -0.456 e. The van der Waals surface area contributed by atoms with E-state index in [0.717, 1.165) is 140 Å². The molecule has 0 bridgehead atoms. The monoisotopic (exact) mass is 1040 g/mol. The van der Waals surface area contributed by atoms with Gasteiger partial charge in [0.1, 0.15) is 34.0 Å². The predicted molar refractivity (Wildman–Crippen MR) is 336 cm³/mol. The van der Waals surface area contributed by atoms with Gasteiger partial charge in [-0.25, -0.2) is 0 Å². The molecule has 0 aliphatic carbocycles. The normalized spacial score (nSPS) is 12.6. The van der Waals surface area contributed by atoms with E-state index in [1.165, 1.54) is 16.4 Å². The summed E-state index contributed by atoms with van der Waals surface area (Å²) >= 11 is 0. The minimum atomic E-state index is -0.123. The Morgan fingerprint density at radius 1 is 0.296 bits per heavy atom. The first-order valence-corrected chi connectivity index (χ1v) is 27.6. The SMILES string of the molecule is c1ccc(N2c3ccccc3B3c4ccc(-c5cc6ccccc6o5)cc4N(c4cccc(-c5cc6ccccc6o5)c4)c4cc(N(c5ccc6cc(-c7cc8ccccc8o7)ccc6c5)c5cccc6ccccc56)cc2c43)cc1. The topological polar surface area (TPSA) is 49.1 Å². The van der Waals surface area contributed by atoms with Crippen LogP contribution in [-0.4, -0.2) is 6.71 Å². The molecule has 0 spiro atoms. The van der Waals surface area contributed by atoms with Crippen molar-refractivity contribution >= 4 is 129 Å². The maximum atomic E-state index is 6.67. The van der Waals surface area contributed by atoms with Crippen molar-refractivity contribution in [2.24, 2.45) is 0 Å². The van der Waals surface area contributed by atoms with Gasteiger partial charge in [0.25, 0.3) is 6.71 Å². The molecule has 378 valence electrons. The maximum Gasteiger partial charge on any atom is 0.252 e. The van der Waals surface area contributed by atoms with Gasteiger partial charge in [-0.3, -0.25) is 0 Å². The average molecular weight is 1040 g/mol. The molecule has 17 rings (SSSR count). The molecule has 0 radical (unpaired) electrons. The molecule has 0 unspecified atom stereocenters. The molecule has 2 aliphatic heterocycles. The molecule has 6 nitrogen and oxygen atoms in total. The number of hydrogen-bond donors (Lipinski definition) is 0. The van der Waals surface area contributed by atoms with Crippen molar-refractivity contribution in [2.75, 3.05) is 14.7 Å². The lowest BCUT2D eigenvalue weighted by molar-refractivity contribution is 0.631. The van der Waals surface area contributed by atoms with Crippen molar-refractivity contribution in [1.29, 1.82) is 0 Å². The van der Waals surface area contributed by atoms with Crippen LogP contribution in [-0.2, 0) is 0 Å². The van der Waals surface area contributed by atoms with Crippen LogP contribution in [0.1, 0.15) is 0 Å². The van der Waals surface area contributed by atoms with Crippen molar-refractivity contribution in [3.63, 3.8) is 0 Å². The molecule has 7 heteroatoms. The molecule has 0 fully saturated rings. The fourth-order valence-corrected chi connectivity index (χ4v) is 12.9. The van der Waals surface area contributed by atoms with E-state index >= 15 is 0 Å². The summed E-state index contributed by atoms with van der Waals surface area (Å²) in [5, 5.41) is 7.76. The van der Waals surface area contributed by atoms with Gasteiger partial charge in [0.15, 0.2) is 0 Å². The van der Waals surface area contributed by atoms with E-state index in [-0.39, 0.29) is 6.71 Å². The van der Waals surface area contributed by atoms with Crippen LogP contribution in [0, 0.1) is 0 Å². The van der Waals surface area contributed by atoms with Gasteiger partial charge in [0.2, 0.25) is 0 Å². The van der Waals surface area contributed by atoms with E-state index in [9.17, 15) is 0 Å². The molecule has 0 saturated carbocycles. The van der Waals surface area contributed by atoms with Crippen molar-refractivity contribution in [1.82, 2.24) is 0 Å². The highest BCUT2D eigenvalue weighted by atomic mass is 16.3. The van der Waals surface area contributed by atoms with Crippen molar-refractivity contribution < 1.29 is 13.3 Å². The number of nitrogens with zero attached hydrogens (tertiary/aromatic N) is 3. The molecule has 12 aromatic carbocycles. The van der Waals surface area contributed by atoms with Gasteiger partial charge in [0.05, 0.1) is 11.4 Å². The third kappa shape index (κ3) is 7.29. The van der Waals surface area contributed by atoms with Crippen LogP contribution in [0.2, 0.25) is 0 Å². The molecule has 0 saturated heterocycles. The van der Waals surface area contributed by atoms with E-state index in [4.69, 9.17) is 13.3 Å². The van der Waals surface area contributed by atoms with Crippen molar-refractivity contribution in [3.05, 3.63) is 279 Å². The van der Waals surface area contributed by atoms with Crippen LogP contribution < -0.4 is 31.1 Å². The zero-order chi connectivity index (χ0) is 53.1. The van der Waals surface area contributed by atoms with Crippen molar-refractivity contribution in [2.45, 2.75) is 0 Å². The lowest BCUT2D eigenvalue weighted by atomic mass is 9.33. The Balaban J connectivity index is 0.942. The lowest BCUT2D eigenvalue weighted by Crippen LogP contribution is -2.61. The maximum absolute atomic E-state index is 6.67. The molecule has 2 aliphatic rings. The zero-order valence-corrected chi connectivity index (χ0v) is 43.7. The summed E-state index contributed by atoms with van der Waals surface area (Å²) in [6.07, 6.45) is 0. The Kier molecular flexibility index (Phi) is 10.0. The van der Waals surface area contributed by atoms with Crippen molar-refractivity contribution in [3.8, 4) is 34.0 Å². The third-order valence-corrected chi connectivity index (χ3v) is 16.6. The number of rotatable bonds is 8. The summed E-state index contributed by atoms with van der Waals surface area (Å²) in [7, 11) is 0. The third-order valence-electron chi connectivity index (χ3n) is 16.6. The van der Waals surface area contributed by atoms with Gasteiger partial charge in [-0.15, -0.1) is 0 Å². The summed E-state index contributed by atoms with van der Waals surface area (Å²) in [6.45, 7) is -0.123. The second kappa shape index (κ2) is 17.9. The number of benzene rings is 12. The predicted octanol–water partition coefficient (Wildman–Crippen LogP) is 18.8. The molecule has 0 atom stereocenters. The molecular weight excluding hydrogens is 990 g/mol. The van der Waals surface area contributed by atoms with Crippen LogP contribution in [0.4, 0.5) is 51.2 Å². The number of para-hydroxylation sites is 5. The second-order valence-electron chi connectivity index (χ2n) is 21.2.